The Hall–Kier alpha value is -3.28. The van der Waals surface area contributed by atoms with Gasteiger partial charge in [-0.15, -0.1) is 0 Å². The number of rotatable bonds is 5. The molecule has 0 spiro atoms. The third-order valence-corrected chi connectivity index (χ3v) is 12.5. The van der Waals surface area contributed by atoms with Gasteiger partial charge in [-0.05, 0) is 0 Å². The van der Waals surface area contributed by atoms with Gasteiger partial charge in [0.05, 0.1) is 0 Å². The van der Waals surface area contributed by atoms with Crippen LogP contribution in [-0.4, -0.2) is 55.0 Å². The van der Waals surface area contributed by atoms with Gasteiger partial charge in [0.2, 0.25) is 0 Å². The van der Waals surface area contributed by atoms with E-state index in [-0.39, 0.29) is 26.3 Å². The van der Waals surface area contributed by atoms with Crippen LogP contribution in [0.3, 0.4) is 0 Å². The minimum atomic E-state index is 0.143. The van der Waals surface area contributed by atoms with Crippen molar-refractivity contribution in [1.29, 1.82) is 0 Å². The Bertz CT molecular complexity index is 1620. The van der Waals surface area contributed by atoms with Crippen molar-refractivity contribution < 1.29 is 0 Å². The van der Waals surface area contributed by atoms with E-state index in [0.29, 0.717) is 0 Å². The van der Waals surface area contributed by atoms with Crippen LogP contribution in [0.15, 0.2) is 72.8 Å². The van der Waals surface area contributed by atoms with Crippen molar-refractivity contribution in [3.05, 3.63) is 95.6 Å². The monoisotopic (exact) mass is 604 g/mol. The Morgan fingerprint density at radius 1 is 0.500 bits per heavy atom. The van der Waals surface area contributed by atoms with Crippen molar-refractivity contribution in [2.75, 3.05) is 0 Å². The summed E-state index contributed by atoms with van der Waals surface area (Å²) in [5.41, 5.74) is 8.44. The molecule has 0 amide bonds. The Kier molecular flexibility index (Phi) is 5.98. The van der Waals surface area contributed by atoms with E-state index >= 15 is 0 Å². The molecule has 6 rings (SSSR count). The van der Waals surface area contributed by atoms with Crippen LogP contribution in [0.2, 0.25) is 0 Å². The van der Waals surface area contributed by atoms with Crippen molar-refractivity contribution in [3.8, 4) is 23.0 Å². The van der Waals surface area contributed by atoms with Crippen molar-refractivity contribution in [1.82, 2.24) is 28.7 Å². The van der Waals surface area contributed by atoms with E-state index in [0.717, 1.165) is 66.0 Å². The molecule has 0 bridgehead atoms. The van der Waals surface area contributed by atoms with Crippen LogP contribution in [0.4, 0.5) is 0 Å². The van der Waals surface area contributed by atoms with Gasteiger partial charge in [0.1, 0.15) is 0 Å². The van der Waals surface area contributed by atoms with Crippen molar-refractivity contribution in [2.24, 2.45) is 0 Å². The van der Waals surface area contributed by atoms with E-state index in [1.54, 1.807) is 0 Å². The van der Waals surface area contributed by atoms with E-state index in [9.17, 15) is 0 Å². The number of hydrogen-bond acceptors (Lipinski definition) is 4. The van der Waals surface area contributed by atoms with Crippen LogP contribution in [0.25, 0.3) is 34.1 Å². The average Bonchev–Trinajstić information content (AvgIpc) is 3.43. The van der Waals surface area contributed by atoms with Gasteiger partial charge in [0.25, 0.3) is 0 Å². The fourth-order valence-corrected chi connectivity index (χ4v) is 10.7. The zero-order chi connectivity index (χ0) is 24.8. The molecule has 6 aromatic rings. The summed E-state index contributed by atoms with van der Waals surface area (Å²) in [4.78, 5) is 19.8. The second-order valence-electron chi connectivity index (χ2n) is 8.75. The molecule has 0 unspecified atom stereocenters. The molecule has 6 nitrogen and oxygen atoms in total. The first kappa shape index (κ1) is 23.1. The molecule has 0 saturated heterocycles. The zero-order valence-electron chi connectivity index (χ0n) is 20.4. The molecule has 0 aliphatic heterocycles. The van der Waals surface area contributed by atoms with Crippen LogP contribution in [0, 0.1) is 27.7 Å². The summed E-state index contributed by atoms with van der Waals surface area (Å²) in [7, 11) is 0. The standard InChI is InChI=1S/C28H24N6Se2/c1-17-9-5-13-21(29-17)25-31-27(23-15-7-11-19(3)33(23)25)35-36-28-24-16-8-12-20(4)34(24)26(32-28)22-14-6-10-18(2)30-22/h5-16H,1-4H3. The predicted octanol–water partition coefficient (Wildman–Crippen LogP) is 3.61. The summed E-state index contributed by atoms with van der Waals surface area (Å²) < 4.78 is 6.78. The van der Waals surface area contributed by atoms with Gasteiger partial charge in [-0.3, -0.25) is 0 Å². The second kappa shape index (κ2) is 9.30. The molecular formula is C28H24N6Se2. The van der Waals surface area contributed by atoms with Crippen LogP contribution in [0.5, 0.6) is 0 Å². The third-order valence-electron chi connectivity index (χ3n) is 6.08. The summed E-state index contributed by atoms with van der Waals surface area (Å²) in [6, 6.07) is 25.1. The predicted molar refractivity (Wildman–Crippen MR) is 147 cm³/mol. The van der Waals surface area contributed by atoms with Gasteiger partial charge >= 0.3 is 222 Å². The van der Waals surface area contributed by atoms with Gasteiger partial charge in [0.15, 0.2) is 0 Å². The number of nitrogens with zero attached hydrogens (tertiary/aromatic N) is 6. The Labute approximate surface area is 220 Å². The molecule has 0 aromatic carbocycles. The van der Waals surface area contributed by atoms with E-state index in [1.165, 1.54) is 0 Å². The van der Waals surface area contributed by atoms with E-state index in [1.807, 2.05) is 50.2 Å². The fraction of sp³-hybridized carbons (Fsp3) is 0.143. The van der Waals surface area contributed by atoms with E-state index < -0.39 is 0 Å². The first-order chi connectivity index (χ1) is 17.5. The number of aromatic nitrogens is 6. The molecule has 0 aliphatic rings. The molecule has 0 fully saturated rings. The molecule has 178 valence electrons. The zero-order valence-corrected chi connectivity index (χ0v) is 23.9. The van der Waals surface area contributed by atoms with Crippen LogP contribution < -0.4 is 9.18 Å². The Morgan fingerprint density at radius 2 is 0.917 bits per heavy atom. The molecule has 0 N–H and O–H groups in total. The van der Waals surface area contributed by atoms with Crippen molar-refractivity contribution in [2.45, 2.75) is 27.7 Å². The Balaban J connectivity index is 1.43. The number of pyridine rings is 4. The summed E-state index contributed by atoms with van der Waals surface area (Å²) in [6.45, 7) is 8.30. The summed E-state index contributed by atoms with van der Waals surface area (Å²) >= 11 is 0.286. The van der Waals surface area contributed by atoms with Gasteiger partial charge in [0, 0.05) is 0 Å². The van der Waals surface area contributed by atoms with E-state index in [2.05, 4.69) is 59.0 Å². The average molecular weight is 602 g/mol. The molecule has 36 heavy (non-hydrogen) atoms. The van der Waals surface area contributed by atoms with Crippen LogP contribution in [-0.2, 0) is 0 Å². The topological polar surface area (TPSA) is 60.4 Å². The number of hydrogen-bond donors (Lipinski definition) is 0. The van der Waals surface area contributed by atoms with Crippen molar-refractivity contribution in [3.63, 3.8) is 0 Å². The quantitative estimate of drug-likeness (QED) is 0.283. The molecule has 0 atom stereocenters. The summed E-state index contributed by atoms with van der Waals surface area (Å²) in [5.74, 6) is 1.82. The molecule has 6 heterocycles. The van der Waals surface area contributed by atoms with E-state index in [4.69, 9.17) is 19.9 Å². The van der Waals surface area contributed by atoms with Gasteiger partial charge in [-0.1, -0.05) is 0 Å². The molecule has 8 heteroatoms. The minimum absolute atomic E-state index is 0.143. The molecular weight excluding hydrogens is 578 g/mol. The third kappa shape index (κ3) is 4.06. The number of aryl methyl sites for hydroxylation is 4. The first-order valence-electron chi connectivity index (χ1n) is 11.7. The fourth-order valence-electron chi connectivity index (χ4n) is 4.42. The maximum absolute atomic E-state index is 5.15. The Morgan fingerprint density at radius 3 is 1.33 bits per heavy atom. The molecule has 0 aliphatic carbocycles. The molecule has 6 aromatic heterocycles. The van der Waals surface area contributed by atoms with Gasteiger partial charge in [-0.2, -0.15) is 0 Å². The SMILES string of the molecule is Cc1cccc(-c2nc([Se][Se]c3nc(-c4cccc(C)n4)n4c(C)cccc34)c3cccc(C)n23)n1. The number of imidazole rings is 2. The van der Waals surface area contributed by atoms with Crippen LogP contribution in [0.1, 0.15) is 22.8 Å². The molecule has 0 radical (unpaired) electrons. The number of fused-ring (bicyclic) bond motifs is 2. The van der Waals surface area contributed by atoms with Gasteiger partial charge in [-0.25, -0.2) is 0 Å². The normalized spacial score (nSPS) is 11.6. The summed E-state index contributed by atoms with van der Waals surface area (Å²) in [6.07, 6.45) is 0. The summed E-state index contributed by atoms with van der Waals surface area (Å²) in [5, 5.41) is 0. The van der Waals surface area contributed by atoms with Crippen LogP contribution >= 0.6 is 0 Å². The van der Waals surface area contributed by atoms with Gasteiger partial charge < -0.3 is 0 Å². The first-order valence-corrected chi connectivity index (χ1v) is 17.7. The molecule has 0 saturated carbocycles. The maximum atomic E-state index is 5.15. The second-order valence-corrected chi connectivity index (χ2v) is 14.7. The van der Waals surface area contributed by atoms with Crippen molar-refractivity contribution >= 4 is 46.5 Å².